The number of carbonyl (C=O) groups is 1. The highest BCUT2D eigenvalue weighted by molar-refractivity contribution is 5.73. The number of carbonyl (C=O) groups excluding carboxylic acids is 1. The molecule has 0 unspecified atom stereocenters. The van der Waals surface area contributed by atoms with E-state index in [1.54, 1.807) is 36.3 Å². The van der Waals surface area contributed by atoms with Gasteiger partial charge in [0.15, 0.2) is 0 Å². The van der Waals surface area contributed by atoms with E-state index in [2.05, 4.69) is 9.97 Å². The molecule has 0 bridgehead atoms. The Bertz CT molecular complexity index is 850. The number of hydrogen-bond acceptors (Lipinski definition) is 9. The Morgan fingerprint density at radius 3 is 2.36 bits per heavy atom. The van der Waals surface area contributed by atoms with Crippen LogP contribution in [0.25, 0.3) is 0 Å². The summed E-state index contributed by atoms with van der Waals surface area (Å²) in [5, 5.41) is 11.7. The summed E-state index contributed by atoms with van der Waals surface area (Å²) in [5.74, 6) is 0.580. The summed E-state index contributed by atoms with van der Waals surface area (Å²) in [6.07, 6.45) is 2.29. The standard InChI is InChI=1S/C18H20N4O6/c1-26-13-3-5-14(6-4-13)28-17-15(22(24)25)16(19-11-20-17)21-9-7-12(8-10-21)18(23)27-2/h3-6,11-12H,7-10H2,1-2H3. The molecule has 0 saturated carbocycles. The van der Waals surface area contributed by atoms with Crippen LogP contribution < -0.4 is 14.4 Å². The topological polar surface area (TPSA) is 117 Å². The van der Waals surface area contributed by atoms with Crippen molar-refractivity contribution in [3.63, 3.8) is 0 Å². The van der Waals surface area contributed by atoms with Crippen LogP contribution in [0.5, 0.6) is 17.4 Å². The van der Waals surface area contributed by atoms with Gasteiger partial charge in [0.2, 0.25) is 5.82 Å². The molecule has 0 aliphatic carbocycles. The summed E-state index contributed by atoms with van der Waals surface area (Å²) in [4.78, 5) is 32.7. The summed E-state index contributed by atoms with van der Waals surface area (Å²) in [6.45, 7) is 0.888. The first-order valence-corrected chi connectivity index (χ1v) is 8.67. The minimum atomic E-state index is -0.555. The number of nitrogens with zero attached hydrogens (tertiary/aromatic N) is 4. The van der Waals surface area contributed by atoms with Crippen molar-refractivity contribution in [2.45, 2.75) is 12.8 Å². The van der Waals surface area contributed by atoms with E-state index in [0.717, 1.165) is 0 Å². The fraction of sp³-hybridized carbons (Fsp3) is 0.389. The van der Waals surface area contributed by atoms with E-state index >= 15 is 0 Å². The van der Waals surface area contributed by atoms with Gasteiger partial charge in [-0.1, -0.05) is 0 Å². The molecule has 1 aromatic carbocycles. The zero-order valence-corrected chi connectivity index (χ0v) is 15.5. The Kier molecular flexibility index (Phi) is 5.87. The second kappa shape index (κ2) is 8.51. The molecule has 148 valence electrons. The van der Waals surface area contributed by atoms with Crippen LogP contribution in [0.4, 0.5) is 11.5 Å². The number of rotatable bonds is 6. The molecule has 10 nitrogen and oxygen atoms in total. The summed E-state index contributed by atoms with van der Waals surface area (Å²) < 4.78 is 15.5. The first-order valence-electron chi connectivity index (χ1n) is 8.67. The van der Waals surface area contributed by atoms with Crippen molar-refractivity contribution in [2.24, 2.45) is 5.92 Å². The van der Waals surface area contributed by atoms with Crippen LogP contribution in [0.1, 0.15) is 12.8 Å². The quantitative estimate of drug-likeness (QED) is 0.418. The Balaban J connectivity index is 1.83. The SMILES string of the molecule is COC(=O)C1CCN(c2ncnc(Oc3ccc(OC)cc3)c2[N+](=O)[O-])CC1. The van der Waals surface area contributed by atoms with Gasteiger partial charge in [-0.3, -0.25) is 14.9 Å². The average Bonchev–Trinajstić information content (AvgIpc) is 2.73. The lowest BCUT2D eigenvalue weighted by Crippen LogP contribution is -2.37. The highest BCUT2D eigenvalue weighted by Gasteiger charge is 2.33. The molecule has 3 rings (SSSR count). The van der Waals surface area contributed by atoms with Gasteiger partial charge in [-0.2, -0.15) is 4.98 Å². The molecule has 1 fully saturated rings. The molecule has 10 heteroatoms. The normalized spacial score (nSPS) is 14.4. The average molecular weight is 388 g/mol. The first-order chi connectivity index (χ1) is 13.5. The van der Waals surface area contributed by atoms with Gasteiger partial charge in [-0.15, -0.1) is 0 Å². The minimum absolute atomic E-state index is 0.143. The molecule has 0 N–H and O–H groups in total. The van der Waals surface area contributed by atoms with E-state index in [0.29, 0.717) is 37.4 Å². The van der Waals surface area contributed by atoms with Crippen LogP contribution in [-0.4, -0.2) is 48.2 Å². The van der Waals surface area contributed by atoms with Crippen molar-refractivity contribution in [3.8, 4) is 17.4 Å². The second-order valence-corrected chi connectivity index (χ2v) is 6.17. The summed E-state index contributed by atoms with van der Waals surface area (Å²) in [7, 11) is 2.90. The lowest BCUT2D eigenvalue weighted by atomic mass is 9.97. The summed E-state index contributed by atoms with van der Waals surface area (Å²) in [5.41, 5.74) is -0.310. The number of aromatic nitrogens is 2. The molecule has 1 aromatic heterocycles. The molecular formula is C18H20N4O6. The monoisotopic (exact) mass is 388 g/mol. The third-order valence-electron chi connectivity index (χ3n) is 4.55. The fourth-order valence-electron chi connectivity index (χ4n) is 3.07. The van der Waals surface area contributed by atoms with E-state index in [1.165, 1.54) is 13.4 Å². The van der Waals surface area contributed by atoms with Gasteiger partial charge in [0.05, 0.1) is 25.1 Å². The maximum absolute atomic E-state index is 11.7. The first kappa shape index (κ1) is 19.3. The Morgan fingerprint density at radius 2 is 1.79 bits per heavy atom. The highest BCUT2D eigenvalue weighted by Crippen LogP contribution is 2.37. The van der Waals surface area contributed by atoms with Gasteiger partial charge in [0, 0.05) is 13.1 Å². The number of anilines is 1. The van der Waals surface area contributed by atoms with Crippen molar-refractivity contribution in [1.29, 1.82) is 0 Å². The van der Waals surface area contributed by atoms with E-state index < -0.39 is 4.92 Å². The Labute approximate surface area is 161 Å². The van der Waals surface area contributed by atoms with Gasteiger partial charge in [0.25, 0.3) is 0 Å². The van der Waals surface area contributed by atoms with Crippen LogP contribution >= 0.6 is 0 Å². The number of hydrogen-bond donors (Lipinski definition) is 0. The molecule has 0 atom stereocenters. The third kappa shape index (κ3) is 4.11. The molecule has 1 saturated heterocycles. The van der Waals surface area contributed by atoms with Crippen LogP contribution in [0, 0.1) is 16.0 Å². The van der Waals surface area contributed by atoms with Crippen molar-refractivity contribution >= 4 is 17.5 Å². The van der Waals surface area contributed by atoms with Gasteiger partial charge < -0.3 is 19.1 Å². The van der Waals surface area contributed by atoms with Crippen LogP contribution in [0.3, 0.4) is 0 Å². The lowest BCUT2D eigenvalue weighted by Gasteiger charge is -2.31. The fourth-order valence-corrected chi connectivity index (χ4v) is 3.07. The second-order valence-electron chi connectivity index (χ2n) is 6.17. The number of benzene rings is 1. The number of esters is 1. The van der Waals surface area contributed by atoms with Gasteiger partial charge in [-0.05, 0) is 37.1 Å². The van der Waals surface area contributed by atoms with E-state index in [1.807, 2.05) is 0 Å². The zero-order chi connectivity index (χ0) is 20.1. The van der Waals surface area contributed by atoms with E-state index in [4.69, 9.17) is 14.2 Å². The Hall–Kier alpha value is -3.43. The third-order valence-corrected chi connectivity index (χ3v) is 4.55. The highest BCUT2D eigenvalue weighted by atomic mass is 16.6. The van der Waals surface area contributed by atoms with Crippen LogP contribution in [0.2, 0.25) is 0 Å². The molecule has 2 aromatic rings. The molecule has 1 aliphatic heterocycles. The van der Waals surface area contributed by atoms with Crippen LogP contribution in [-0.2, 0) is 9.53 Å². The Morgan fingerprint density at radius 1 is 1.14 bits per heavy atom. The predicted molar refractivity (Wildman–Crippen MR) is 98.7 cm³/mol. The summed E-state index contributed by atoms with van der Waals surface area (Å²) >= 11 is 0. The van der Waals surface area contributed by atoms with Gasteiger partial charge in [-0.25, -0.2) is 4.98 Å². The molecule has 0 amide bonds. The number of piperidine rings is 1. The van der Waals surface area contributed by atoms with Crippen molar-refractivity contribution in [2.75, 3.05) is 32.2 Å². The predicted octanol–water partition coefficient (Wildman–Crippen LogP) is 2.58. The van der Waals surface area contributed by atoms with Crippen molar-refractivity contribution in [1.82, 2.24) is 9.97 Å². The molecule has 0 radical (unpaired) electrons. The van der Waals surface area contributed by atoms with E-state index in [9.17, 15) is 14.9 Å². The lowest BCUT2D eigenvalue weighted by molar-refractivity contribution is -0.385. The number of nitro groups is 1. The van der Waals surface area contributed by atoms with E-state index in [-0.39, 0.29) is 29.3 Å². The van der Waals surface area contributed by atoms with Crippen LogP contribution in [0.15, 0.2) is 30.6 Å². The minimum Gasteiger partial charge on any atom is -0.497 e. The maximum Gasteiger partial charge on any atom is 0.373 e. The number of ether oxygens (including phenoxy) is 3. The maximum atomic E-state index is 11.7. The molecule has 28 heavy (non-hydrogen) atoms. The van der Waals surface area contributed by atoms with Gasteiger partial charge >= 0.3 is 17.5 Å². The zero-order valence-electron chi connectivity index (χ0n) is 15.5. The molecule has 1 aliphatic rings. The largest absolute Gasteiger partial charge is 0.497 e. The van der Waals surface area contributed by atoms with Gasteiger partial charge in [0.1, 0.15) is 17.8 Å². The molecule has 2 heterocycles. The molecular weight excluding hydrogens is 368 g/mol. The molecule has 0 spiro atoms. The summed E-state index contributed by atoms with van der Waals surface area (Å²) in [6, 6.07) is 6.63. The van der Waals surface area contributed by atoms with Crippen molar-refractivity contribution < 1.29 is 23.9 Å². The van der Waals surface area contributed by atoms with Crippen molar-refractivity contribution in [3.05, 3.63) is 40.7 Å². The smallest absolute Gasteiger partial charge is 0.373 e. The number of methoxy groups -OCH3 is 2.